The monoisotopic (exact) mass is 404 g/mol. The molecule has 0 saturated heterocycles. The van der Waals surface area contributed by atoms with E-state index in [-0.39, 0.29) is 12.6 Å². The molecule has 1 aliphatic carbocycles. The fourth-order valence-electron chi connectivity index (χ4n) is 3.87. The van der Waals surface area contributed by atoms with Crippen molar-refractivity contribution in [3.63, 3.8) is 0 Å². The Morgan fingerprint density at radius 3 is 2.76 bits per heavy atom. The van der Waals surface area contributed by atoms with Gasteiger partial charge in [-0.1, -0.05) is 88.8 Å². The van der Waals surface area contributed by atoms with Crippen LogP contribution in [0.25, 0.3) is 0 Å². The third-order valence-electron chi connectivity index (χ3n) is 5.74. The van der Waals surface area contributed by atoms with E-state index >= 15 is 0 Å². The molecule has 0 aromatic carbocycles. The van der Waals surface area contributed by atoms with Crippen LogP contribution in [0.1, 0.15) is 91.4 Å². The van der Waals surface area contributed by atoms with Crippen LogP contribution < -0.4 is 0 Å². The van der Waals surface area contributed by atoms with Gasteiger partial charge < -0.3 is 9.84 Å². The molecule has 0 amide bonds. The van der Waals surface area contributed by atoms with Crippen LogP contribution in [0.15, 0.2) is 36.5 Å². The lowest BCUT2D eigenvalue weighted by Crippen LogP contribution is -2.17. The fourth-order valence-corrected chi connectivity index (χ4v) is 3.87. The molecule has 0 radical (unpaired) electrons. The van der Waals surface area contributed by atoms with Gasteiger partial charge in [0.2, 0.25) is 0 Å². The van der Waals surface area contributed by atoms with E-state index in [2.05, 4.69) is 50.3 Å². The molecule has 0 aliphatic heterocycles. The second-order valence-corrected chi connectivity index (χ2v) is 8.66. The number of carbonyl (C=O) groups is 1. The van der Waals surface area contributed by atoms with Gasteiger partial charge in [0.25, 0.3) is 0 Å². The molecule has 4 atom stereocenters. The van der Waals surface area contributed by atoms with Crippen molar-refractivity contribution in [3.05, 3.63) is 36.5 Å². The van der Waals surface area contributed by atoms with Crippen molar-refractivity contribution >= 4 is 5.97 Å². The van der Waals surface area contributed by atoms with Crippen molar-refractivity contribution in [2.75, 3.05) is 6.61 Å². The number of esters is 1. The first-order valence-corrected chi connectivity index (χ1v) is 11.8. The van der Waals surface area contributed by atoms with E-state index in [0.29, 0.717) is 18.3 Å². The molecule has 0 aromatic heterocycles. The second-order valence-electron chi connectivity index (χ2n) is 8.66. The maximum atomic E-state index is 10.7. The van der Waals surface area contributed by atoms with E-state index in [1.54, 1.807) is 0 Å². The van der Waals surface area contributed by atoms with E-state index in [0.717, 1.165) is 25.2 Å². The van der Waals surface area contributed by atoms with Crippen LogP contribution in [0.2, 0.25) is 0 Å². The van der Waals surface area contributed by atoms with Crippen molar-refractivity contribution < 1.29 is 14.6 Å². The second kappa shape index (κ2) is 16.4. The molecule has 0 aromatic rings. The molecule has 0 bridgehead atoms. The largest absolute Gasteiger partial charge is 0.463 e. The first-order valence-electron chi connectivity index (χ1n) is 11.8. The topological polar surface area (TPSA) is 46.5 Å². The van der Waals surface area contributed by atoms with Crippen molar-refractivity contribution in [1.29, 1.82) is 0 Å². The molecule has 3 nitrogen and oxygen atoms in total. The first-order chi connectivity index (χ1) is 14.0. The summed E-state index contributed by atoms with van der Waals surface area (Å²) in [5.74, 6) is 1.67. The fraction of sp³-hybridized carbons (Fsp3) is 0.731. The lowest BCUT2D eigenvalue weighted by Gasteiger charge is -2.16. The molecule has 1 rings (SSSR count). The summed E-state index contributed by atoms with van der Waals surface area (Å²) in [5.41, 5.74) is 0. The number of hydrogen-bond acceptors (Lipinski definition) is 3. The highest BCUT2D eigenvalue weighted by molar-refractivity contribution is 5.65. The zero-order valence-electron chi connectivity index (χ0n) is 19.0. The van der Waals surface area contributed by atoms with E-state index in [1.807, 2.05) is 0 Å². The molecular weight excluding hydrogens is 360 g/mol. The van der Waals surface area contributed by atoms with Gasteiger partial charge in [-0.05, 0) is 49.9 Å². The summed E-state index contributed by atoms with van der Waals surface area (Å²) in [5, 5.41) is 9.76. The Labute approximate surface area is 179 Å². The minimum atomic E-state index is -0.517. The third-order valence-corrected chi connectivity index (χ3v) is 5.74. The summed E-state index contributed by atoms with van der Waals surface area (Å²) in [6.07, 6.45) is 26.5. The van der Waals surface area contributed by atoms with Crippen LogP contribution >= 0.6 is 0 Å². The molecule has 0 saturated carbocycles. The predicted octanol–water partition coefficient (Wildman–Crippen LogP) is 6.77. The lowest BCUT2D eigenvalue weighted by molar-refractivity contribution is -0.144. The van der Waals surface area contributed by atoms with Crippen LogP contribution in [-0.4, -0.2) is 23.8 Å². The van der Waals surface area contributed by atoms with Gasteiger partial charge in [-0.25, -0.2) is 0 Å². The summed E-state index contributed by atoms with van der Waals surface area (Å²) < 4.78 is 4.83. The normalized spacial score (nSPS) is 21.2. The van der Waals surface area contributed by atoms with Gasteiger partial charge in [0.15, 0.2) is 0 Å². The summed E-state index contributed by atoms with van der Waals surface area (Å²) in [4.78, 5) is 10.7. The van der Waals surface area contributed by atoms with Crippen LogP contribution in [0.3, 0.4) is 0 Å². The summed E-state index contributed by atoms with van der Waals surface area (Å²) in [7, 11) is 0. The molecule has 166 valence electrons. The number of unbranched alkanes of at least 4 members (excludes halogenated alkanes) is 5. The highest BCUT2D eigenvalue weighted by Crippen LogP contribution is 2.31. The van der Waals surface area contributed by atoms with Gasteiger partial charge in [-0.2, -0.15) is 0 Å². The Morgan fingerprint density at radius 2 is 2.00 bits per heavy atom. The number of rotatable bonds is 16. The molecule has 0 heterocycles. The molecule has 29 heavy (non-hydrogen) atoms. The first kappa shape index (κ1) is 25.7. The third kappa shape index (κ3) is 13.5. The lowest BCUT2D eigenvalue weighted by atomic mass is 9.89. The summed E-state index contributed by atoms with van der Waals surface area (Å²) in [6, 6.07) is 0. The standard InChI is InChI=1S/C26H44O3/c1-4-5-6-9-14-22(2)15-12-17-25-19-13-18-24(25)16-10-7-8-11-20-26(28)21-29-23(3)27/h9,12-14,17,19,22,24-26,28H,4-8,10-11,15-16,18,20-21H2,1-3H3/t22-,24+,25+,26?/m1/s1. The van der Waals surface area contributed by atoms with Crippen molar-refractivity contribution in [1.82, 2.24) is 0 Å². The zero-order chi connectivity index (χ0) is 21.3. The molecule has 1 N–H and O–H groups in total. The highest BCUT2D eigenvalue weighted by atomic mass is 16.5. The average Bonchev–Trinajstić information content (AvgIpc) is 3.13. The van der Waals surface area contributed by atoms with E-state index in [4.69, 9.17) is 4.74 Å². The van der Waals surface area contributed by atoms with Crippen molar-refractivity contribution in [2.45, 2.75) is 97.5 Å². The van der Waals surface area contributed by atoms with E-state index in [1.165, 1.54) is 51.9 Å². The Morgan fingerprint density at radius 1 is 1.21 bits per heavy atom. The van der Waals surface area contributed by atoms with Gasteiger partial charge in [0, 0.05) is 6.92 Å². The van der Waals surface area contributed by atoms with Gasteiger partial charge in [0.1, 0.15) is 6.61 Å². The minimum absolute atomic E-state index is 0.129. The number of aliphatic hydroxyl groups is 1. The SMILES string of the molecule is CCCCC=C[C@@H](C)CC=C[C@H]1C=CC[C@@H]1CCCCCCC(O)COC(C)=O. The summed E-state index contributed by atoms with van der Waals surface area (Å²) >= 11 is 0. The van der Waals surface area contributed by atoms with E-state index < -0.39 is 6.10 Å². The highest BCUT2D eigenvalue weighted by Gasteiger charge is 2.19. The maximum Gasteiger partial charge on any atom is 0.302 e. The van der Waals surface area contributed by atoms with Crippen LogP contribution in [0.4, 0.5) is 0 Å². The van der Waals surface area contributed by atoms with E-state index in [9.17, 15) is 9.90 Å². The zero-order valence-corrected chi connectivity index (χ0v) is 19.0. The van der Waals surface area contributed by atoms with Gasteiger partial charge >= 0.3 is 5.97 Å². The smallest absolute Gasteiger partial charge is 0.302 e. The molecule has 0 fully saturated rings. The quantitative estimate of drug-likeness (QED) is 0.175. The van der Waals surface area contributed by atoms with Gasteiger partial charge in [-0.3, -0.25) is 4.79 Å². The number of ether oxygens (including phenoxy) is 1. The molecular formula is C26H44O3. The Hall–Kier alpha value is -1.35. The van der Waals surface area contributed by atoms with Crippen LogP contribution in [0, 0.1) is 17.8 Å². The number of carbonyl (C=O) groups excluding carboxylic acids is 1. The summed E-state index contributed by atoms with van der Waals surface area (Å²) in [6.45, 7) is 6.05. The van der Waals surface area contributed by atoms with Crippen LogP contribution in [0.5, 0.6) is 0 Å². The Kier molecular flexibility index (Phi) is 14.6. The number of allylic oxidation sites excluding steroid dienone is 6. The van der Waals surface area contributed by atoms with Gasteiger partial charge in [0.05, 0.1) is 6.10 Å². The predicted molar refractivity (Wildman–Crippen MR) is 123 cm³/mol. The molecule has 3 heteroatoms. The molecule has 1 aliphatic rings. The molecule has 0 spiro atoms. The maximum absolute atomic E-state index is 10.7. The van der Waals surface area contributed by atoms with Gasteiger partial charge in [-0.15, -0.1) is 0 Å². The van der Waals surface area contributed by atoms with Crippen LogP contribution in [-0.2, 0) is 9.53 Å². The minimum Gasteiger partial charge on any atom is -0.463 e. The average molecular weight is 405 g/mol. The van der Waals surface area contributed by atoms with Crippen molar-refractivity contribution in [3.8, 4) is 0 Å². The van der Waals surface area contributed by atoms with Crippen molar-refractivity contribution in [2.24, 2.45) is 17.8 Å². The number of aliphatic hydroxyl groups excluding tert-OH is 1. The molecule has 1 unspecified atom stereocenters. The number of hydrogen-bond donors (Lipinski definition) is 1. The Bertz CT molecular complexity index is 506. The Balaban J connectivity index is 2.12.